The molecule has 6 nitrogen and oxygen atoms in total. The molecule has 0 aromatic carbocycles. The molecule has 0 aliphatic heterocycles. The zero-order chi connectivity index (χ0) is 21.4. The number of likely N-dealkylation sites (N-methyl/N-ethyl adjacent to an activating group) is 1. The maximum atomic E-state index is 12.2. The Morgan fingerprint density at radius 2 is 2.00 bits per heavy atom. The number of nitrogens with one attached hydrogen (secondary N) is 1. The van der Waals surface area contributed by atoms with Crippen LogP contribution in [0.3, 0.4) is 0 Å². The molecule has 0 spiro atoms. The molecular formula is C23H38ClNO5. The monoisotopic (exact) mass is 443 g/mol. The first-order valence-corrected chi connectivity index (χ1v) is 11.0. The van der Waals surface area contributed by atoms with E-state index in [-0.39, 0.29) is 47.5 Å². The Labute approximate surface area is 186 Å². The van der Waals surface area contributed by atoms with Gasteiger partial charge in [-0.05, 0) is 68.2 Å². The van der Waals surface area contributed by atoms with Crippen molar-refractivity contribution in [2.45, 2.75) is 65.1 Å². The van der Waals surface area contributed by atoms with Crippen LogP contribution in [0.4, 0.5) is 0 Å². The van der Waals surface area contributed by atoms with Crippen molar-refractivity contribution in [3.05, 3.63) is 11.6 Å². The second-order valence-corrected chi connectivity index (χ2v) is 9.90. The maximum Gasteiger partial charge on any atom is 0.330 e. The van der Waals surface area contributed by atoms with Crippen molar-refractivity contribution in [1.82, 2.24) is 5.32 Å². The van der Waals surface area contributed by atoms with E-state index in [1.807, 2.05) is 14.0 Å². The molecule has 0 aromatic rings. The van der Waals surface area contributed by atoms with E-state index in [1.54, 1.807) is 6.08 Å². The highest BCUT2D eigenvalue weighted by atomic mass is 35.5. The number of ether oxygens (including phenoxy) is 1. The molecule has 0 unspecified atom stereocenters. The van der Waals surface area contributed by atoms with Crippen LogP contribution in [0.1, 0.15) is 52.9 Å². The van der Waals surface area contributed by atoms with Crippen molar-refractivity contribution >= 4 is 24.7 Å². The number of carbonyl (C=O) groups is 2. The van der Waals surface area contributed by atoms with Crippen molar-refractivity contribution in [2.75, 3.05) is 20.2 Å². The Hall–Kier alpha value is -0.950. The largest absolute Gasteiger partial charge is 0.461 e. The predicted octanol–water partition coefficient (Wildman–Crippen LogP) is 2.51. The zero-order valence-electron chi connectivity index (χ0n) is 18.6. The van der Waals surface area contributed by atoms with E-state index in [0.29, 0.717) is 26.0 Å². The summed E-state index contributed by atoms with van der Waals surface area (Å²) in [5.41, 5.74) is 0.150. The van der Waals surface area contributed by atoms with Crippen LogP contribution in [0.15, 0.2) is 11.6 Å². The van der Waals surface area contributed by atoms with E-state index in [1.165, 1.54) is 0 Å². The first-order chi connectivity index (χ1) is 13.7. The van der Waals surface area contributed by atoms with Gasteiger partial charge < -0.3 is 25.1 Å². The van der Waals surface area contributed by atoms with E-state index in [2.05, 4.69) is 19.2 Å². The fraction of sp³-hybridized carbons (Fsp3) is 0.826. The second kappa shape index (κ2) is 9.68. The van der Waals surface area contributed by atoms with Gasteiger partial charge in [0.05, 0.1) is 17.6 Å². The average Bonchev–Trinajstić information content (AvgIpc) is 2.69. The van der Waals surface area contributed by atoms with Crippen molar-refractivity contribution in [2.24, 2.45) is 34.5 Å². The smallest absolute Gasteiger partial charge is 0.330 e. The van der Waals surface area contributed by atoms with Crippen molar-refractivity contribution in [3.63, 3.8) is 0 Å². The molecule has 0 bridgehead atoms. The summed E-state index contributed by atoms with van der Waals surface area (Å²) in [6.07, 6.45) is 5.06. The highest BCUT2D eigenvalue weighted by molar-refractivity contribution is 5.85. The van der Waals surface area contributed by atoms with Gasteiger partial charge in [0, 0.05) is 12.6 Å². The number of fused-ring (bicyclic) bond motifs is 3. The molecule has 0 heterocycles. The number of halogens is 1. The van der Waals surface area contributed by atoms with Gasteiger partial charge in [0.1, 0.15) is 12.9 Å². The number of carbonyl (C=O) groups excluding carboxylic acids is 2. The van der Waals surface area contributed by atoms with Gasteiger partial charge in [0.25, 0.3) is 0 Å². The molecule has 3 aliphatic rings. The van der Waals surface area contributed by atoms with E-state index < -0.39 is 17.6 Å². The number of aliphatic hydroxyl groups excluding tert-OH is 2. The number of aldehydes is 1. The van der Waals surface area contributed by atoms with Gasteiger partial charge in [0.2, 0.25) is 0 Å². The van der Waals surface area contributed by atoms with E-state index in [0.717, 1.165) is 31.1 Å². The number of aliphatic hydroxyl groups is 2. The van der Waals surface area contributed by atoms with Gasteiger partial charge in [0.15, 0.2) is 0 Å². The molecule has 3 fully saturated rings. The van der Waals surface area contributed by atoms with Crippen LogP contribution in [-0.2, 0) is 14.3 Å². The lowest BCUT2D eigenvalue weighted by Crippen LogP contribution is -2.62. The Kier molecular flexibility index (Phi) is 8.17. The second-order valence-electron chi connectivity index (χ2n) is 9.90. The summed E-state index contributed by atoms with van der Waals surface area (Å²) in [6, 6.07) is 0. The fourth-order valence-electron chi connectivity index (χ4n) is 6.76. The highest BCUT2D eigenvalue weighted by Gasteiger charge is 2.62. The predicted molar refractivity (Wildman–Crippen MR) is 117 cm³/mol. The molecule has 7 heteroatoms. The first kappa shape index (κ1) is 25.3. The minimum absolute atomic E-state index is 0. The number of rotatable bonds is 5. The first-order valence-electron chi connectivity index (χ1n) is 11.0. The van der Waals surface area contributed by atoms with Gasteiger partial charge in [-0.25, -0.2) is 4.79 Å². The minimum Gasteiger partial charge on any atom is -0.461 e. The Balaban J connectivity index is 0.00000320. The minimum atomic E-state index is -0.810. The number of allylic oxidation sites excluding steroid dienone is 1. The third-order valence-corrected chi connectivity index (χ3v) is 8.51. The number of hydrogen-bond donors (Lipinski definition) is 3. The molecular weight excluding hydrogens is 406 g/mol. The van der Waals surface area contributed by atoms with Crippen LogP contribution in [0.5, 0.6) is 0 Å². The molecule has 0 radical (unpaired) electrons. The van der Waals surface area contributed by atoms with Crippen molar-refractivity contribution < 1.29 is 24.5 Å². The van der Waals surface area contributed by atoms with Gasteiger partial charge in [-0.1, -0.05) is 26.3 Å². The molecule has 3 N–H and O–H groups in total. The third-order valence-electron chi connectivity index (χ3n) is 8.51. The summed E-state index contributed by atoms with van der Waals surface area (Å²) in [7, 11) is 1.81. The zero-order valence-corrected chi connectivity index (χ0v) is 19.4. The van der Waals surface area contributed by atoms with Crippen molar-refractivity contribution in [1.29, 1.82) is 0 Å². The fourth-order valence-corrected chi connectivity index (χ4v) is 6.76. The molecule has 3 rings (SSSR count). The maximum absolute atomic E-state index is 12.2. The Morgan fingerprint density at radius 3 is 2.63 bits per heavy atom. The molecule has 0 saturated heterocycles. The quantitative estimate of drug-likeness (QED) is 0.261. The normalized spacial score (nSPS) is 44.4. The molecule has 172 valence electrons. The highest BCUT2D eigenvalue weighted by Crippen LogP contribution is 2.64. The van der Waals surface area contributed by atoms with Gasteiger partial charge in [-0.15, -0.1) is 12.4 Å². The standard InChI is InChI=1S/C23H37NO5.ClH/c1-14-15(11-20(28)29-10-9-24-4)5-6-16-21(14)17(26)12-18-22(16,2)8-7-19(27)23(18,3)13-25;/h11,13-14,16-19,21,24,26-27H,5-10,12H2,1-4H3;1H/b15-11+;/t14-,16-,17-,18+,19-,21-,22+,23+;/m0./s1. The van der Waals surface area contributed by atoms with Gasteiger partial charge >= 0.3 is 5.97 Å². The molecule has 3 saturated carbocycles. The third kappa shape index (κ3) is 4.21. The topological polar surface area (TPSA) is 95.9 Å². The molecule has 0 amide bonds. The van der Waals surface area contributed by atoms with E-state index in [4.69, 9.17) is 4.74 Å². The van der Waals surface area contributed by atoms with Gasteiger partial charge in [-0.2, -0.15) is 0 Å². The van der Waals surface area contributed by atoms with E-state index >= 15 is 0 Å². The summed E-state index contributed by atoms with van der Waals surface area (Å²) in [4.78, 5) is 24.2. The van der Waals surface area contributed by atoms with Crippen molar-refractivity contribution in [3.8, 4) is 0 Å². The SMILES string of the molecule is CNCCOC(=O)/C=C1\CC[C@H]2[C@@H]([C@@H](O)C[C@H]3[C@@](C)(C=O)[C@@H](O)CC[C@]23C)[C@H]1C.Cl. The molecule has 0 aromatic heterocycles. The lowest BCUT2D eigenvalue weighted by Gasteiger charge is -2.63. The summed E-state index contributed by atoms with van der Waals surface area (Å²) in [5, 5.41) is 24.6. The van der Waals surface area contributed by atoms with Crippen LogP contribution in [0.2, 0.25) is 0 Å². The summed E-state index contributed by atoms with van der Waals surface area (Å²) >= 11 is 0. The number of esters is 1. The average molecular weight is 444 g/mol. The summed E-state index contributed by atoms with van der Waals surface area (Å²) < 4.78 is 5.25. The van der Waals surface area contributed by atoms with Crippen LogP contribution in [0, 0.1) is 34.5 Å². The molecule has 30 heavy (non-hydrogen) atoms. The summed E-state index contributed by atoms with van der Waals surface area (Å²) in [5.74, 6) is 0.0803. The van der Waals surface area contributed by atoms with Crippen LogP contribution in [0.25, 0.3) is 0 Å². The lowest BCUT2D eigenvalue weighted by atomic mass is 9.42. The number of hydrogen-bond acceptors (Lipinski definition) is 6. The van der Waals surface area contributed by atoms with E-state index in [9.17, 15) is 19.8 Å². The van der Waals surface area contributed by atoms with Crippen LogP contribution >= 0.6 is 12.4 Å². The van der Waals surface area contributed by atoms with Gasteiger partial charge in [-0.3, -0.25) is 0 Å². The van der Waals surface area contributed by atoms with Crippen LogP contribution < -0.4 is 5.32 Å². The Morgan fingerprint density at radius 1 is 1.30 bits per heavy atom. The molecule has 3 aliphatic carbocycles. The summed E-state index contributed by atoms with van der Waals surface area (Å²) in [6.45, 7) is 7.18. The Bertz CT molecular complexity index is 670. The molecule has 8 atom stereocenters. The van der Waals surface area contributed by atoms with Crippen LogP contribution in [-0.4, -0.2) is 54.9 Å². The lowest BCUT2D eigenvalue weighted by molar-refractivity contribution is -0.192.